The SMILES string of the molecule is CC1CCCC(CO)(NC(=O)CCS(C)(=O)=O)C1. The largest absolute Gasteiger partial charge is 0.394 e. The lowest BCUT2D eigenvalue weighted by molar-refractivity contribution is -0.124. The van der Waals surface area contributed by atoms with Crippen LogP contribution in [0.2, 0.25) is 0 Å². The van der Waals surface area contributed by atoms with E-state index < -0.39 is 15.4 Å². The first kappa shape index (κ1) is 15.4. The molecule has 1 fully saturated rings. The number of carbonyl (C=O) groups excluding carboxylic acids is 1. The lowest BCUT2D eigenvalue weighted by atomic mass is 9.77. The maximum Gasteiger partial charge on any atom is 0.221 e. The van der Waals surface area contributed by atoms with Crippen molar-refractivity contribution in [1.82, 2.24) is 5.32 Å². The molecule has 6 heteroatoms. The van der Waals surface area contributed by atoms with Crippen molar-refractivity contribution in [2.24, 2.45) is 5.92 Å². The van der Waals surface area contributed by atoms with Crippen LogP contribution in [0.15, 0.2) is 0 Å². The lowest BCUT2D eigenvalue weighted by Crippen LogP contribution is -2.54. The van der Waals surface area contributed by atoms with E-state index in [-0.39, 0.29) is 24.7 Å². The highest BCUT2D eigenvalue weighted by molar-refractivity contribution is 7.90. The predicted molar refractivity (Wildman–Crippen MR) is 69.9 cm³/mol. The van der Waals surface area contributed by atoms with Crippen LogP contribution in [0.1, 0.15) is 39.0 Å². The molecule has 0 aliphatic heterocycles. The lowest BCUT2D eigenvalue weighted by Gasteiger charge is -2.39. The highest BCUT2D eigenvalue weighted by Gasteiger charge is 2.35. The van der Waals surface area contributed by atoms with Gasteiger partial charge in [-0.1, -0.05) is 19.8 Å². The Morgan fingerprint density at radius 1 is 1.50 bits per heavy atom. The molecule has 0 bridgehead atoms. The van der Waals surface area contributed by atoms with E-state index >= 15 is 0 Å². The van der Waals surface area contributed by atoms with Crippen LogP contribution in [0.25, 0.3) is 0 Å². The molecule has 1 aliphatic rings. The van der Waals surface area contributed by atoms with Gasteiger partial charge in [0.15, 0.2) is 0 Å². The summed E-state index contributed by atoms with van der Waals surface area (Å²) in [4.78, 5) is 11.7. The molecule has 2 atom stereocenters. The van der Waals surface area contributed by atoms with Gasteiger partial charge in [0.1, 0.15) is 9.84 Å². The quantitative estimate of drug-likeness (QED) is 0.765. The molecule has 2 N–H and O–H groups in total. The number of sulfone groups is 1. The number of amides is 1. The Kier molecular flexibility index (Phi) is 5.16. The molecule has 5 nitrogen and oxygen atoms in total. The summed E-state index contributed by atoms with van der Waals surface area (Å²) >= 11 is 0. The fourth-order valence-electron chi connectivity index (χ4n) is 2.59. The molecular weight excluding hydrogens is 254 g/mol. The van der Waals surface area contributed by atoms with Gasteiger partial charge in [0, 0.05) is 12.7 Å². The van der Waals surface area contributed by atoms with E-state index in [1.807, 2.05) is 0 Å². The van der Waals surface area contributed by atoms with Crippen molar-refractivity contribution in [2.75, 3.05) is 18.6 Å². The van der Waals surface area contributed by atoms with Gasteiger partial charge in [0.25, 0.3) is 0 Å². The third kappa shape index (κ3) is 4.94. The highest BCUT2D eigenvalue weighted by atomic mass is 32.2. The average Bonchev–Trinajstić information content (AvgIpc) is 2.25. The van der Waals surface area contributed by atoms with E-state index in [1.54, 1.807) is 0 Å². The zero-order valence-corrected chi connectivity index (χ0v) is 11.9. The van der Waals surface area contributed by atoms with Gasteiger partial charge in [-0.25, -0.2) is 8.42 Å². The molecule has 1 aliphatic carbocycles. The summed E-state index contributed by atoms with van der Waals surface area (Å²) in [6, 6.07) is 0. The van der Waals surface area contributed by atoms with Crippen LogP contribution in [0, 0.1) is 5.92 Å². The number of hydrogen-bond donors (Lipinski definition) is 2. The van der Waals surface area contributed by atoms with Crippen molar-refractivity contribution in [3.05, 3.63) is 0 Å². The summed E-state index contributed by atoms with van der Waals surface area (Å²) in [5, 5.41) is 12.3. The van der Waals surface area contributed by atoms with E-state index in [4.69, 9.17) is 0 Å². The molecule has 0 aromatic heterocycles. The maximum atomic E-state index is 11.7. The Morgan fingerprint density at radius 2 is 2.17 bits per heavy atom. The molecule has 0 radical (unpaired) electrons. The number of carbonyl (C=O) groups is 1. The maximum absolute atomic E-state index is 11.7. The summed E-state index contributed by atoms with van der Waals surface area (Å²) in [5.74, 6) is 0.0419. The number of rotatable bonds is 5. The molecule has 1 rings (SSSR count). The van der Waals surface area contributed by atoms with Gasteiger partial charge >= 0.3 is 0 Å². The standard InChI is InChI=1S/C12H23NO4S/c1-10-4-3-6-12(8-10,9-14)13-11(15)5-7-18(2,16)17/h10,14H,3-9H2,1-2H3,(H,13,15). The van der Waals surface area contributed by atoms with Crippen LogP contribution in [-0.2, 0) is 14.6 Å². The van der Waals surface area contributed by atoms with E-state index in [2.05, 4.69) is 12.2 Å². The fraction of sp³-hybridized carbons (Fsp3) is 0.917. The van der Waals surface area contributed by atoms with Crippen molar-refractivity contribution in [3.8, 4) is 0 Å². The molecule has 0 saturated heterocycles. The molecule has 18 heavy (non-hydrogen) atoms. The summed E-state index contributed by atoms with van der Waals surface area (Å²) < 4.78 is 22.0. The minimum absolute atomic E-state index is 0.0328. The Balaban J connectivity index is 2.54. The molecule has 0 aromatic rings. The monoisotopic (exact) mass is 277 g/mol. The fourth-order valence-corrected chi connectivity index (χ4v) is 3.15. The molecule has 106 valence electrons. The van der Waals surface area contributed by atoms with E-state index in [0.29, 0.717) is 5.92 Å². The normalized spacial score (nSPS) is 28.9. The second kappa shape index (κ2) is 6.02. The summed E-state index contributed by atoms with van der Waals surface area (Å²) in [6.07, 6.45) is 4.70. The average molecular weight is 277 g/mol. The molecule has 0 heterocycles. The van der Waals surface area contributed by atoms with Gasteiger partial charge in [0.2, 0.25) is 5.91 Å². The second-order valence-corrected chi connectivity index (χ2v) is 7.83. The minimum Gasteiger partial charge on any atom is -0.394 e. The van der Waals surface area contributed by atoms with Gasteiger partial charge in [-0.2, -0.15) is 0 Å². The topological polar surface area (TPSA) is 83.5 Å². The number of nitrogens with one attached hydrogen (secondary N) is 1. The molecular formula is C12H23NO4S. The van der Waals surface area contributed by atoms with Crippen LogP contribution >= 0.6 is 0 Å². The van der Waals surface area contributed by atoms with Gasteiger partial charge < -0.3 is 10.4 Å². The van der Waals surface area contributed by atoms with Crippen LogP contribution in [0.4, 0.5) is 0 Å². The Hall–Kier alpha value is -0.620. The van der Waals surface area contributed by atoms with Gasteiger partial charge in [0.05, 0.1) is 17.9 Å². The molecule has 0 spiro atoms. The van der Waals surface area contributed by atoms with Crippen LogP contribution < -0.4 is 5.32 Å². The summed E-state index contributed by atoms with van der Waals surface area (Å²) in [6.45, 7) is 2.02. The third-order valence-corrected chi connectivity index (χ3v) is 4.44. The Bertz CT molecular complexity index is 393. The van der Waals surface area contributed by atoms with Crippen molar-refractivity contribution in [3.63, 3.8) is 0 Å². The van der Waals surface area contributed by atoms with Crippen molar-refractivity contribution in [1.29, 1.82) is 0 Å². The molecule has 1 amide bonds. The number of aliphatic hydroxyl groups is 1. The van der Waals surface area contributed by atoms with Gasteiger partial charge in [-0.15, -0.1) is 0 Å². The zero-order valence-electron chi connectivity index (χ0n) is 11.1. The zero-order chi connectivity index (χ0) is 13.8. The first-order valence-electron chi connectivity index (χ1n) is 6.36. The van der Waals surface area contributed by atoms with Crippen LogP contribution in [0.3, 0.4) is 0 Å². The van der Waals surface area contributed by atoms with Crippen molar-refractivity contribution in [2.45, 2.75) is 44.6 Å². The summed E-state index contributed by atoms with van der Waals surface area (Å²) in [5.41, 5.74) is -0.549. The molecule has 2 unspecified atom stereocenters. The summed E-state index contributed by atoms with van der Waals surface area (Å²) in [7, 11) is -3.12. The second-order valence-electron chi connectivity index (χ2n) is 5.57. The van der Waals surface area contributed by atoms with Gasteiger partial charge in [-0.3, -0.25) is 4.79 Å². The minimum atomic E-state index is -3.12. The first-order chi connectivity index (χ1) is 8.26. The number of hydrogen-bond acceptors (Lipinski definition) is 4. The van der Waals surface area contributed by atoms with Crippen molar-refractivity contribution >= 4 is 15.7 Å². The van der Waals surface area contributed by atoms with Crippen molar-refractivity contribution < 1.29 is 18.3 Å². The highest BCUT2D eigenvalue weighted by Crippen LogP contribution is 2.31. The molecule has 1 saturated carbocycles. The van der Waals surface area contributed by atoms with E-state index in [9.17, 15) is 18.3 Å². The van der Waals surface area contributed by atoms with Crippen LogP contribution in [-0.4, -0.2) is 43.6 Å². The predicted octanol–water partition coefficient (Wildman–Crippen LogP) is 0.478. The smallest absolute Gasteiger partial charge is 0.221 e. The third-order valence-electron chi connectivity index (χ3n) is 3.50. The Morgan fingerprint density at radius 3 is 2.67 bits per heavy atom. The van der Waals surface area contributed by atoms with Gasteiger partial charge in [-0.05, 0) is 18.8 Å². The molecule has 0 aromatic carbocycles. The van der Waals surface area contributed by atoms with E-state index in [0.717, 1.165) is 31.9 Å². The first-order valence-corrected chi connectivity index (χ1v) is 8.42. The number of aliphatic hydroxyl groups excluding tert-OH is 1. The van der Waals surface area contributed by atoms with E-state index in [1.165, 1.54) is 0 Å². The Labute approximate surface area is 109 Å². The van der Waals surface area contributed by atoms with Crippen LogP contribution in [0.5, 0.6) is 0 Å².